The van der Waals surface area contributed by atoms with Crippen molar-refractivity contribution in [2.75, 3.05) is 47.5 Å². The van der Waals surface area contributed by atoms with Gasteiger partial charge in [0.2, 0.25) is 0 Å². The molecular weight excluding hydrogens is 1200 g/mol. The van der Waals surface area contributed by atoms with Crippen molar-refractivity contribution in [2.45, 2.75) is 360 Å². The molecular formula is C88H152NO8+. The summed E-state index contributed by atoms with van der Waals surface area (Å²) in [7, 11) is 5.99. The second-order valence-electron chi connectivity index (χ2n) is 28.0. The van der Waals surface area contributed by atoms with Gasteiger partial charge in [-0.3, -0.25) is 9.59 Å². The van der Waals surface area contributed by atoms with Gasteiger partial charge in [-0.05, 0) is 116 Å². The van der Waals surface area contributed by atoms with E-state index in [0.717, 1.165) is 103 Å². The predicted molar refractivity (Wildman–Crippen MR) is 419 cm³/mol. The predicted octanol–water partition coefficient (Wildman–Crippen LogP) is 26.0. The summed E-state index contributed by atoms with van der Waals surface area (Å²) in [5, 5.41) is 9.78. The molecule has 0 amide bonds. The molecule has 0 aliphatic carbocycles. The van der Waals surface area contributed by atoms with Crippen LogP contribution in [-0.2, 0) is 33.3 Å². The van der Waals surface area contributed by atoms with Gasteiger partial charge in [0.05, 0.1) is 34.4 Å². The van der Waals surface area contributed by atoms with Crippen LogP contribution in [0.3, 0.4) is 0 Å². The van der Waals surface area contributed by atoms with Crippen LogP contribution in [0.5, 0.6) is 0 Å². The van der Waals surface area contributed by atoms with Gasteiger partial charge in [0.25, 0.3) is 6.29 Å². The third-order valence-corrected chi connectivity index (χ3v) is 17.4. The first-order chi connectivity index (χ1) is 47.6. The average molecular weight is 1350 g/mol. The monoisotopic (exact) mass is 1350 g/mol. The molecule has 0 aromatic heterocycles. The number of aliphatic carboxylic acids is 1. The van der Waals surface area contributed by atoms with Gasteiger partial charge in [-0.2, -0.15) is 0 Å². The number of nitrogens with zero attached hydrogens (tertiary/aromatic N) is 1. The van der Waals surface area contributed by atoms with E-state index in [-0.39, 0.29) is 32.2 Å². The summed E-state index contributed by atoms with van der Waals surface area (Å²) in [5.41, 5.74) is 0. The fourth-order valence-electron chi connectivity index (χ4n) is 11.3. The van der Waals surface area contributed by atoms with E-state index in [1.807, 2.05) is 21.1 Å². The minimum Gasteiger partial charge on any atom is -0.477 e. The van der Waals surface area contributed by atoms with E-state index in [1.165, 1.54) is 218 Å². The Hall–Kier alpha value is -4.57. The molecule has 9 nitrogen and oxygen atoms in total. The van der Waals surface area contributed by atoms with E-state index in [0.29, 0.717) is 17.4 Å². The lowest BCUT2D eigenvalue weighted by atomic mass is 10.0. The van der Waals surface area contributed by atoms with E-state index < -0.39 is 24.3 Å². The Morgan fingerprint density at radius 3 is 0.876 bits per heavy atom. The number of quaternary nitrogens is 1. The number of hydrogen-bond donors (Lipinski definition) is 1. The number of hydrogen-bond acceptors (Lipinski definition) is 7. The highest BCUT2D eigenvalue weighted by atomic mass is 16.7. The molecule has 1 N–H and O–H groups in total. The zero-order valence-electron chi connectivity index (χ0n) is 63.7. The van der Waals surface area contributed by atoms with Crippen LogP contribution in [0.15, 0.2) is 134 Å². The van der Waals surface area contributed by atoms with Gasteiger partial charge in [-0.15, -0.1) is 0 Å². The molecule has 0 aliphatic heterocycles. The highest BCUT2D eigenvalue weighted by molar-refractivity contribution is 5.71. The number of carboxylic acid groups (broad SMARTS) is 1. The maximum atomic E-state index is 13.0. The third-order valence-electron chi connectivity index (χ3n) is 17.4. The van der Waals surface area contributed by atoms with E-state index >= 15 is 0 Å². The van der Waals surface area contributed by atoms with Gasteiger partial charge in [0.1, 0.15) is 13.2 Å². The normalized spacial score (nSPS) is 13.4. The maximum absolute atomic E-state index is 13.0. The number of carboxylic acids is 1. The Kier molecular flexibility index (Phi) is 73.5. The van der Waals surface area contributed by atoms with Crippen LogP contribution < -0.4 is 0 Å². The van der Waals surface area contributed by atoms with Crippen molar-refractivity contribution in [1.29, 1.82) is 0 Å². The van der Waals surface area contributed by atoms with Crippen molar-refractivity contribution in [3.63, 3.8) is 0 Å². The molecule has 0 spiro atoms. The fourth-order valence-corrected chi connectivity index (χ4v) is 11.3. The third kappa shape index (κ3) is 78.6. The van der Waals surface area contributed by atoms with Crippen LogP contribution in [0, 0.1) is 0 Å². The Labute approximate surface area is 599 Å². The number of likely N-dealkylation sites (N-methyl/N-ethyl adjacent to an activating group) is 1. The number of rotatable bonds is 74. The number of carbonyl (C=O) groups is 3. The molecule has 0 aliphatic rings. The standard InChI is InChI=1S/C88H151NO8/c1-6-8-10-12-14-16-18-20-22-24-26-28-30-32-34-36-38-39-40-41-42-43-44-45-46-47-49-51-53-55-57-59-61-63-65-67-69-71-73-75-77-79-86(91)97-84(83-96-88(87(92)93)94-81-80-89(3,4)5)82-95-85(90)78-76-74-72-70-68-66-64-62-60-58-56-54-52-50-48-37-35-33-31-29-27-25-23-21-19-17-15-13-11-9-7-2/h8,10,14,16,19-22,25-28,31-34,38-39,41-42,44-45,84,88H,6-7,9,11-13,15,17-18,23-24,29-30,35-37,40,43,46-83H2,1-5H3/p+1/b10-8-,16-14-,21-19-,22-20-,27-25-,28-26-,33-31-,34-32-,39-38-,42-41-,45-44-. The molecule has 2 atom stereocenters. The molecule has 0 aromatic rings. The first-order valence-corrected chi connectivity index (χ1v) is 40.3. The van der Waals surface area contributed by atoms with Crippen LogP contribution in [0.2, 0.25) is 0 Å². The molecule has 0 rings (SSSR count). The summed E-state index contributed by atoms with van der Waals surface area (Å²) >= 11 is 0. The second kappa shape index (κ2) is 77.2. The highest BCUT2D eigenvalue weighted by Gasteiger charge is 2.25. The molecule has 0 saturated carbocycles. The number of ether oxygens (including phenoxy) is 4. The van der Waals surface area contributed by atoms with Crippen molar-refractivity contribution in [3.8, 4) is 0 Å². The molecule has 0 aromatic carbocycles. The molecule has 9 heteroatoms. The molecule has 556 valence electrons. The number of allylic oxidation sites excluding steroid dienone is 22. The minimum atomic E-state index is -1.52. The topological polar surface area (TPSA) is 108 Å². The van der Waals surface area contributed by atoms with Crippen LogP contribution in [-0.4, -0.2) is 87.4 Å². The SMILES string of the molecule is CC/C=C\C/C=C\C/C=C\C/C=C\C/C=C\C/C=C\C/C=C\C/C=C\CCCCCCCCCCCCCCCCCCC(=O)OC(COC(=O)CCCCCCCCCCCCCCCCCC/C=C\C/C=C\C/C=C\CCCCCCC)COC(OCC[N+](C)(C)C)C(=O)O. The largest absolute Gasteiger partial charge is 0.477 e. The van der Waals surface area contributed by atoms with Crippen LogP contribution in [0.25, 0.3) is 0 Å². The number of carbonyl (C=O) groups excluding carboxylic acids is 2. The van der Waals surface area contributed by atoms with Crippen molar-refractivity contribution < 1.29 is 42.9 Å². The number of esters is 2. The van der Waals surface area contributed by atoms with Gasteiger partial charge < -0.3 is 28.5 Å². The second-order valence-corrected chi connectivity index (χ2v) is 28.0. The first kappa shape index (κ1) is 92.4. The van der Waals surface area contributed by atoms with Gasteiger partial charge in [0, 0.05) is 12.8 Å². The summed E-state index contributed by atoms with van der Waals surface area (Å²) in [6.07, 6.45) is 109. The van der Waals surface area contributed by atoms with E-state index in [4.69, 9.17) is 18.9 Å². The van der Waals surface area contributed by atoms with Gasteiger partial charge >= 0.3 is 17.9 Å². The first-order valence-electron chi connectivity index (χ1n) is 40.3. The van der Waals surface area contributed by atoms with E-state index in [9.17, 15) is 19.5 Å². The lowest BCUT2D eigenvalue weighted by molar-refractivity contribution is -0.870. The quantitative estimate of drug-likeness (QED) is 0.0211. The minimum absolute atomic E-state index is 0.184. The van der Waals surface area contributed by atoms with Crippen molar-refractivity contribution >= 4 is 17.9 Å². The highest BCUT2D eigenvalue weighted by Crippen LogP contribution is 2.18. The molecule has 0 bridgehead atoms. The Balaban J connectivity index is 4.04. The van der Waals surface area contributed by atoms with Crippen molar-refractivity contribution in [3.05, 3.63) is 134 Å². The summed E-state index contributed by atoms with van der Waals surface area (Å²) in [6.45, 7) is 4.78. The Bertz CT molecular complexity index is 2060. The molecule has 0 radical (unpaired) electrons. The fraction of sp³-hybridized carbons (Fsp3) is 0.716. The van der Waals surface area contributed by atoms with E-state index in [2.05, 4.69) is 148 Å². The molecule has 97 heavy (non-hydrogen) atoms. The summed E-state index contributed by atoms with van der Waals surface area (Å²) in [4.78, 5) is 37.8. The lowest BCUT2D eigenvalue weighted by Gasteiger charge is -2.25. The molecule has 0 heterocycles. The molecule has 0 saturated heterocycles. The molecule has 0 fully saturated rings. The van der Waals surface area contributed by atoms with Crippen LogP contribution >= 0.6 is 0 Å². The van der Waals surface area contributed by atoms with E-state index in [1.54, 1.807) is 0 Å². The molecule has 2 unspecified atom stereocenters. The summed E-state index contributed by atoms with van der Waals surface area (Å²) in [5.74, 6) is -1.99. The van der Waals surface area contributed by atoms with Crippen molar-refractivity contribution in [2.24, 2.45) is 0 Å². The zero-order valence-corrected chi connectivity index (χ0v) is 63.7. The zero-order chi connectivity index (χ0) is 70.4. The van der Waals surface area contributed by atoms with Crippen LogP contribution in [0.1, 0.15) is 348 Å². The average Bonchev–Trinajstić information content (AvgIpc) is 3.27. The lowest BCUT2D eigenvalue weighted by Crippen LogP contribution is -2.40. The van der Waals surface area contributed by atoms with Crippen molar-refractivity contribution in [1.82, 2.24) is 0 Å². The Morgan fingerprint density at radius 2 is 0.588 bits per heavy atom. The van der Waals surface area contributed by atoms with Gasteiger partial charge in [-0.25, -0.2) is 4.79 Å². The van der Waals surface area contributed by atoms with Crippen LogP contribution in [0.4, 0.5) is 0 Å². The summed E-state index contributed by atoms with van der Waals surface area (Å²) in [6, 6.07) is 0. The Morgan fingerprint density at radius 1 is 0.320 bits per heavy atom. The maximum Gasteiger partial charge on any atom is 0.361 e. The number of unbranched alkanes of at least 4 members (excludes halogenated alkanes) is 37. The summed E-state index contributed by atoms with van der Waals surface area (Å²) < 4.78 is 23.1. The van der Waals surface area contributed by atoms with Gasteiger partial charge in [0.15, 0.2) is 6.10 Å². The van der Waals surface area contributed by atoms with Gasteiger partial charge in [-0.1, -0.05) is 353 Å². The smallest absolute Gasteiger partial charge is 0.361 e.